The van der Waals surface area contributed by atoms with Crippen molar-refractivity contribution in [2.45, 2.75) is 6.61 Å². The van der Waals surface area contributed by atoms with Gasteiger partial charge in [-0.15, -0.1) is 0 Å². The van der Waals surface area contributed by atoms with Crippen molar-refractivity contribution >= 4 is 17.7 Å². The molecule has 1 amide bonds. The number of carboxylic acid groups (broad SMARTS) is 1. The van der Waals surface area contributed by atoms with Gasteiger partial charge in [-0.1, -0.05) is 30.3 Å². The van der Waals surface area contributed by atoms with Crippen LogP contribution >= 0.6 is 0 Å². The fourth-order valence-electron chi connectivity index (χ4n) is 2.28. The predicted octanol–water partition coefficient (Wildman–Crippen LogP) is 4.93. The second kappa shape index (κ2) is 8.53. The molecular formula is C21H17NO5. The van der Waals surface area contributed by atoms with Crippen molar-refractivity contribution in [3.63, 3.8) is 0 Å². The number of nitrogens with one attached hydrogen (secondary N) is 1. The Kier molecular flexibility index (Phi) is 5.69. The zero-order chi connectivity index (χ0) is 19.1. The summed E-state index contributed by atoms with van der Waals surface area (Å²) in [7, 11) is 0. The van der Waals surface area contributed by atoms with Gasteiger partial charge in [0.05, 0.1) is 5.56 Å². The molecular weight excluding hydrogens is 346 g/mol. The molecule has 0 aliphatic carbocycles. The number of rotatable bonds is 6. The molecule has 0 radical (unpaired) electrons. The number of hydrogen-bond donors (Lipinski definition) is 2. The zero-order valence-corrected chi connectivity index (χ0v) is 14.3. The molecule has 0 aliphatic rings. The highest BCUT2D eigenvalue weighted by Crippen LogP contribution is 2.23. The van der Waals surface area contributed by atoms with Crippen molar-refractivity contribution < 1.29 is 24.2 Å². The zero-order valence-electron chi connectivity index (χ0n) is 14.3. The molecule has 0 unspecified atom stereocenters. The van der Waals surface area contributed by atoms with Crippen LogP contribution in [0.2, 0.25) is 0 Å². The van der Waals surface area contributed by atoms with E-state index < -0.39 is 12.1 Å². The Morgan fingerprint density at radius 2 is 1.41 bits per heavy atom. The number of carbonyl (C=O) groups excluding carboxylic acids is 1. The van der Waals surface area contributed by atoms with Gasteiger partial charge in [-0.05, 0) is 54.1 Å². The van der Waals surface area contributed by atoms with Gasteiger partial charge in [0.1, 0.15) is 18.1 Å². The van der Waals surface area contributed by atoms with Gasteiger partial charge in [-0.25, -0.2) is 9.59 Å². The van der Waals surface area contributed by atoms with Crippen LogP contribution in [0.5, 0.6) is 11.5 Å². The van der Waals surface area contributed by atoms with Crippen molar-refractivity contribution in [3.8, 4) is 11.5 Å². The topological polar surface area (TPSA) is 84.9 Å². The number of carboxylic acids is 1. The lowest BCUT2D eigenvalue weighted by molar-refractivity contribution is 0.0697. The lowest BCUT2D eigenvalue weighted by Crippen LogP contribution is -2.13. The van der Waals surface area contributed by atoms with Gasteiger partial charge in [0.2, 0.25) is 0 Å². The molecule has 0 bridgehead atoms. The SMILES string of the molecule is O=C(Nc1ccc(Oc2ccc(C(=O)O)cc2)cc1)OCc1ccccc1. The third-order valence-electron chi connectivity index (χ3n) is 3.65. The predicted molar refractivity (Wildman–Crippen MR) is 100 cm³/mol. The number of aromatic carboxylic acids is 1. The van der Waals surface area contributed by atoms with E-state index in [4.69, 9.17) is 14.6 Å². The van der Waals surface area contributed by atoms with E-state index in [1.54, 1.807) is 36.4 Å². The van der Waals surface area contributed by atoms with Crippen LogP contribution in [-0.2, 0) is 11.3 Å². The summed E-state index contributed by atoms with van der Waals surface area (Å²) in [5.74, 6) is 0.0837. The van der Waals surface area contributed by atoms with E-state index >= 15 is 0 Å². The van der Waals surface area contributed by atoms with Gasteiger partial charge in [0, 0.05) is 5.69 Å². The minimum Gasteiger partial charge on any atom is -0.478 e. The Balaban J connectivity index is 1.52. The highest BCUT2D eigenvalue weighted by molar-refractivity contribution is 5.87. The third-order valence-corrected chi connectivity index (χ3v) is 3.65. The second-order valence-electron chi connectivity index (χ2n) is 5.64. The first-order chi connectivity index (χ1) is 13.1. The number of benzene rings is 3. The Hall–Kier alpha value is -3.80. The van der Waals surface area contributed by atoms with Crippen molar-refractivity contribution in [1.29, 1.82) is 0 Å². The molecule has 0 aromatic heterocycles. The number of amides is 1. The molecule has 0 saturated heterocycles. The fourth-order valence-corrected chi connectivity index (χ4v) is 2.28. The minimum atomic E-state index is -0.990. The van der Waals surface area contributed by atoms with Crippen LogP contribution in [0, 0.1) is 0 Å². The lowest BCUT2D eigenvalue weighted by Gasteiger charge is -2.09. The summed E-state index contributed by atoms with van der Waals surface area (Å²) in [5, 5.41) is 11.5. The largest absolute Gasteiger partial charge is 0.478 e. The van der Waals surface area contributed by atoms with E-state index in [1.807, 2.05) is 30.3 Å². The molecule has 6 nitrogen and oxygen atoms in total. The highest BCUT2D eigenvalue weighted by atomic mass is 16.5. The van der Waals surface area contributed by atoms with Crippen molar-refractivity contribution in [2.24, 2.45) is 0 Å². The Morgan fingerprint density at radius 3 is 2.00 bits per heavy atom. The molecule has 0 heterocycles. The van der Waals surface area contributed by atoms with Crippen molar-refractivity contribution in [3.05, 3.63) is 90.0 Å². The molecule has 6 heteroatoms. The summed E-state index contributed by atoms with van der Waals surface area (Å²) in [6.45, 7) is 0.195. The van der Waals surface area contributed by atoms with Crippen LogP contribution in [0.4, 0.5) is 10.5 Å². The maximum Gasteiger partial charge on any atom is 0.411 e. The van der Waals surface area contributed by atoms with Crippen LogP contribution < -0.4 is 10.1 Å². The molecule has 2 N–H and O–H groups in total. The molecule has 3 aromatic rings. The third kappa shape index (κ3) is 5.34. The first-order valence-corrected chi connectivity index (χ1v) is 8.19. The summed E-state index contributed by atoms with van der Waals surface area (Å²) < 4.78 is 10.8. The summed E-state index contributed by atoms with van der Waals surface area (Å²) >= 11 is 0. The van der Waals surface area contributed by atoms with Crippen LogP contribution in [-0.4, -0.2) is 17.2 Å². The maximum atomic E-state index is 11.8. The molecule has 3 aromatic carbocycles. The van der Waals surface area contributed by atoms with Crippen LogP contribution in [0.25, 0.3) is 0 Å². The Bertz CT molecular complexity index is 906. The highest BCUT2D eigenvalue weighted by Gasteiger charge is 2.06. The van der Waals surface area contributed by atoms with Gasteiger partial charge < -0.3 is 14.6 Å². The Morgan fingerprint density at radius 1 is 0.815 bits per heavy atom. The molecule has 0 saturated carbocycles. The maximum absolute atomic E-state index is 11.8. The normalized spacial score (nSPS) is 10.1. The number of hydrogen-bond acceptors (Lipinski definition) is 4. The van der Waals surface area contributed by atoms with E-state index in [-0.39, 0.29) is 12.2 Å². The van der Waals surface area contributed by atoms with E-state index in [9.17, 15) is 9.59 Å². The number of carbonyl (C=O) groups is 2. The van der Waals surface area contributed by atoms with E-state index in [1.165, 1.54) is 12.1 Å². The second-order valence-corrected chi connectivity index (χ2v) is 5.64. The molecule has 0 fully saturated rings. The fraction of sp³-hybridized carbons (Fsp3) is 0.0476. The molecule has 3 rings (SSSR count). The lowest BCUT2D eigenvalue weighted by atomic mass is 10.2. The van der Waals surface area contributed by atoms with Gasteiger partial charge in [-0.2, -0.15) is 0 Å². The van der Waals surface area contributed by atoms with Gasteiger partial charge in [-0.3, -0.25) is 5.32 Å². The first-order valence-electron chi connectivity index (χ1n) is 8.19. The molecule has 0 aliphatic heterocycles. The smallest absolute Gasteiger partial charge is 0.411 e. The van der Waals surface area contributed by atoms with Gasteiger partial charge in [0.15, 0.2) is 0 Å². The van der Waals surface area contributed by atoms with E-state index in [0.717, 1.165) is 5.56 Å². The molecule has 136 valence electrons. The average Bonchev–Trinajstić information content (AvgIpc) is 2.69. The van der Waals surface area contributed by atoms with Crippen molar-refractivity contribution in [2.75, 3.05) is 5.32 Å². The van der Waals surface area contributed by atoms with E-state index in [2.05, 4.69) is 5.32 Å². The van der Waals surface area contributed by atoms with Gasteiger partial charge in [0.25, 0.3) is 0 Å². The molecule has 27 heavy (non-hydrogen) atoms. The summed E-state index contributed by atoms with van der Waals surface area (Å²) in [6, 6.07) is 22.3. The summed E-state index contributed by atoms with van der Waals surface area (Å²) in [6.07, 6.45) is -0.545. The van der Waals surface area contributed by atoms with Crippen LogP contribution in [0.1, 0.15) is 15.9 Å². The van der Waals surface area contributed by atoms with Crippen LogP contribution in [0.3, 0.4) is 0 Å². The Labute approximate surface area is 156 Å². The quantitative estimate of drug-likeness (QED) is 0.649. The van der Waals surface area contributed by atoms with Crippen LogP contribution in [0.15, 0.2) is 78.9 Å². The minimum absolute atomic E-state index is 0.191. The summed E-state index contributed by atoms with van der Waals surface area (Å²) in [4.78, 5) is 22.7. The molecule has 0 spiro atoms. The molecule has 0 atom stereocenters. The van der Waals surface area contributed by atoms with E-state index in [0.29, 0.717) is 17.2 Å². The first kappa shape index (κ1) is 18.0. The van der Waals surface area contributed by atoms with Gasteiger partial charge >= 0.3 is 12.1 Å². The standard InChI is InChI=1S/C21H17NO5/c23-20(24)16-6-10-18(11-7-16)27-19-12-8-17(9-13-19)22-21(25)26-14-15-4-2-1-3-5-15/h1-13H,14H2,(H,22,25)(H,23,24). The monoisotopic (exact) mass is 363 g/mol. The van der Waals surface area contributed by atoms with Crippen molar-refractivity contribution in [1.82, 2.24) is 0 Å². The number of anilines is 1. The number of ether oxygens (including phenoxy) is 2. The average molecular weight is 363 g/mol. The summed E-state index contributed by atoms with van der Waals surface area (Å²) in [5.41, 5.74) is 1.67.